The SMILES string of the molecule is CCc1cccc2c(/C=N/NC(=O)c3ccc(O)cc3)c[nH]c12. The van der Waals surface area contributed by atoms with Crippen LogP contribution in [-0.4, -0.2) is 22.2 Å². The minimum absolute atomic E-state index is 0.121. The molecule has 0 unspecified atom stereocenters. The highest BCUT2D eigenvalue weighted by molar-refractivity contribution is 6.01. The van der Waals surface area contributed by atoms with Gasteiger partial charge in [-0.3, -0.25) is 4.79 Å². The maximum Gasteiger partial charge on any atom is 0.271 e. The Morgan fingerprint density at radius 3 is 2.78 bits per heavy atom. The van der Waals surface area contributed by atoms with Gasteiger partial charge in [-0.25, -0.2) is 5.43 Å². The summed E-state index contributed by atoms with van der Waals surface area (Å²) in [5.41, 5.74) is 6.18. The van der Waals surface area contributed by atoms with Crippen molar-refractivity contribution < 1.29 is 9.90 Å². The van der Waals surface area contributed by atoms with E-state index in [1.165, 1.54) is 17.7 Å². The highest BCUT2D eigenvalue weighted by atomic mass is 16.3. The molecular weight excluding hydrogens is 290 g/mol. The zero-order valence-corrected chi connectivity index (χ0v) is 12.7. The lowest BCUT2D eigenvalue weighted by Gasteiger charge is -2.00. The van der Waals surface area contributed by atoms with Gasteiger partial charge in [0.2, 0.25) is 0 Å². The average molecular weight is 307 g/mol. The monoisotopic (exact) mass is 307 g/mol. The molecule has 1 aromatic heterocycles. The number of H-pyrrole nitrogens is 1. The number of aromatic hydroxyl groups is 1. The van der Waals surface area contributed by atoms with Crippen LogP contribution in [0.2, 0.25) is 0 Å². The predicted molar refractivity (Wildman–Crippen MR) is 90.8 cm³/mol. The number of para-hydroxylation sites is 1. The molecule has 5 nitrogen and oxygen atoms in total. The molecule has 0 aliphatic heterocycles. The van der Waals surface area contributed by atoms with Gasteiger partial charge in [-0.15, -0.1) is 0 Å². The molecule has 3 N–H and O–H groups in total. The average Bonchev–Trinajstić information content (AvgIpc) is 2.98. The van der Waals surface area contributed by atoms with E-state index in [9.17, 15) is 9.90 Å². The van der Waals surface area contributed by atoms with Crippen LogP contribution in [0.3, 0.4) is 0 Å². The van der Waals surface area contributed by atoms with E-state index in [2.05, 4.69) is 28.5 Å². The third-order valence-electron chi connectivity index (χ3n) is 3.71. The number of fused-ring (bicyclic) bond motifs is 1. The van der Waals surface area contributed by atoms with Crippen molar-refractivity contribution in [2.24, 2.45) is 5.10 Å². The van der Waals surface area contributed by atoms with Crippen LogP contribution in [0.1, 0.15) is 28.4 Å². The molecule has 0 radical (unpaired) electrons. The van der Waals surface area contributed by atoms with Crippen molar-refractivity contribution in [3.63, 3.8) is 0 Å². The van der Waals surface area contributed by atoms with Gasteiger partial charge in [0.15, 0.2) is 0 Å². The van der Waals surface area contributed by atoms with Crippen LogP contribution in [-0.2, 0) is 6.42 Å². The number of rotatable bonds is 4. The lowest BCUT2D eigenvalue weighted by molar-refractivity contribution is 0.0955. The summed E-state index contributed by atoms with van der Waals surface area (Å²) in [5, 5.41) is 14.3. The molecule has 0 aliphatic carbocycles. The van der Waals surface area contributed by atoms with Crippen molar-refractivity contribution in [1.29, 1.82) is 0 Å². The minimum atomic E-state index is -0.324. The molecule has 116 valence electrons. The fraction of sp³-hybridized carbons (Fsp3) is 0.111. The van der Waals surface area contributed by atoms with Gasteiger partial charge >= 0.3 is 0 Å². The topological polar surface area (TPSA) is 77.5 Å². The van der Waals surface area contributed by atoms with Gasteiger partial charge in [0, 0.05) is 28.2 Å². The molecule has 0 fully saturated rings. The van der Waals surface area contributed by atoms with E-state index in [1.807, 2.05) is 18.3 Å². The first kappa shape index (κ1) is 14.8. The van der Waals surface area contributed by atoms with Gasteiger partial charge in [0.25, 0.3) is 5.91 Å². The van der Waals surface area contributed by atoms with Crippen LogP contribution >= 0.6 is 0 Å². The first-order valence-corrected chi connectivity index (χ1v) is 7.40. The molecule has 1 amide bonds. The molecule has 3 aromatic rings. The van der Waals surface area contributed by atoms with Crippen molar-refractivity contribution in [2.45, 2.75) is 13.3 Å². The van der Waals surface area contributed by atoms with Crippen molar-refractivity contribution in [2.75, 3.05) is 0 Å². The maximum absolute atomic E-state index is 11.9. The Morgan fingerprint density at radius 1 is 1.26 bits per heavy atom. The Bertz CT molecular complexity index is 864. The lowest BCUT2D eigenvalue weighted by atomic mass is 10.1. The van der Waals surface area contributed by atoms with Gasteiger partial charge in [0.1, 0.15) is 5.75 Å². The van der Waals surface area contributed by atoms with Gasteiger partial charge in [-0.1, -0.05) is 25.1 Å². The summed E-state index contributed by atoms with van der Waals surface area (Å²) in [6, 6.07) is 12.1. The van der Waals surface area contributed by atoms with Crippen molar-refractivity contribution in [3.8, 4) is 5.75 Å². The molecule has 0 aliphatic rings. The van der Waals surface area contributed by atoms with Crippen LogP contribution in [0, 0.1) is 0 Å². The maximum atomic E-state index is 11.9. The van der Waals surface area contributed by atoms with Gasteiger partial charge < -0.3 is 10.1 Å². The Labute approximate surface area is 133 Å². The molecule has 0 saturated carbocycles. The molecule has 0 saturated heterocycles. The highest BCUT2D eigenvalue weighted by Crippen LogP contribution is 2.20. The Hall–Kier alpha value is -3.08. The third kappa shape index (κ3) is 3.08. The Morgan fingerprint density at radius 2 is 2.04 bits per heavy atom. The number of aryl methyl sites for hydroxylation is 1. The number of phenolic OH excluding ortho intramolecular Hbond substituents is 1. The molecular formula is C18H17N3O2. The number of carbonyl (C=O) groups is 1. The van der Waals surface area contributed by atoms with Gasteiger partial charge in [0.05, 0.1) is 6.21 Å². The fourth-order valence-corrected chi connectivity index (χ4v) is 2.48. The van der Waals surface area contributed by atoms with E-state index in [0.29, 0.717) is 5.56 Å². The summed E-state index contributed by atoms with van der Waals surface area (Å²) >= 11 is 0. The number of nitrogens with zero attached hydrogens (tertiary/aromatic N) is 1. The summed E-state index contributed by atoms with van der Waals surface area (Å²) in [6.07, 6.45) is 4.45. The van der Waals surface area contributed by atoms with Gasteiger partial charge in [-0.05, 0) is 36.2 Å². The number of carbonyl (C=O) groups excluding carboxylic acids is 1. The minimum Gasteiger partial charge on any atom is -0.508 e. The second-order valence-electron chi connectivity index (χ2n) is 5.18. The standard InChI is InChI=1S/C18H17N3O2/c1-2-12-4-3-5-16-14(10-19-17(12)16)11-20-21-18(23)13-6-8-15(22)9-7-13/h3-11,19,22H,2H2,1H3,(H,21,23)/b20-11+. The summed E-state index contributed by atoms with van der Waals surface area (Å²) in [6.45, 7) is 2.11. The molecule has 5 heteroatoms. The molecule has 1 heterocycles. The smallest absolute Gasteiger partial charge is 0.271 e. The van der Waals surface area contributed by atoms with Crippen LogP contribution in [0.15, 0.2) is 53.8 Å². The molecule has 0 bridgehead atoms. The van der Waals surface area contributed by atoms with E-state index in [1.54, 1.807) is 18.3 Å². The first-order chi connectivity index (χ1) is 11.2. The van der Waals surface area contributed by atoms with Crippen molar-refractivity contribution >= 4 is 23.0 Å². The number of aromatic nitrogens is 1. The van der Waals surface area contributed by atoms with Crippen LogP contribution in [0.4, 0.5) is 0 Å². The third-order valence-corrected chi connectivity index (χ3v) is 3.71. The number of hydrazone groups is 1. The van der Waals surface area contributed by atoms with E-state index in [4.69, 9.17) is 0 Å². The van der Waals surface area contributed by atoms with Gasteiger partial charge in [-0.2, -0.15) is 5.10 Å². The summed E-state index contributed by atoms with van der Waals surface area (Å²) in [4.78, 5) is 15.2. The normalized spacial score (nSPS) is 11.2. The molecule has 0 atom stereocenters. The zero-order chi connectivity index (χ0) is 16.2. The summed E-state index contributed by atoms with van der Waals surface area (Å²) in [5.74, 6) is -0.203. The predicted octanol–water partition coefficient (Wildman–Crippen LogP) is 3.20. The largest absolute Gasteiger partial charge is 0.508 e. The van der Waals surface area contributed by atoms with E-state index in [0.717, 1.165) is 22.9 Å². The number of phenols is 1. The number of hydrogen-bond acceptors (Lipinski definition) is 3. The van der Waals surface area contributed by atoms with E-state index >= 15 is 0 Å². The molecule has 3 rings (SSSR count). The summed E-state index contributed by atoms with van der Waals surface area (Å²) in [7, 11) is 0. The molecule has 23 heavy (non-hydrogen) atoms. The highest BCUT2D eigenvalue weighted by Gasteiger charge is 2.06. The number of hydrogen-bond donors (Lipinski definition) is 3. The second kappa shape index (κ2) is 6.36. The quantitative estimate of drug-likeness (QED) is 0.511. The number of amides is 1. The van der Waals surface area contributed by atoms with Crippen LogP contribution in [0.25, 0.3) is 10.9 Å². The summed E-state index contributed by atoms with van der Waals surface area (Å²) < 4.78 is 0. The molecule has 0 spiro atoms. The van der Waals surface area contributed by atoms with E-state index in [-0.39, 0.29) is 11.7 Å². The van der Waals surface area contributed by atoms with Crippen LogP contribution in [0.5, 0.6) is 5.75 Å². The number of nitrogens with one attached hydrogen (secondary N) is 2. The van der Waals surface area contributed by atoms with E-state index < -0.39 is 0 Å². The number of aromatic amines is 1. The molecule has 2 aromatic carbocycles. The zero-order valence-electron chi connectivity index (χ0n) is 12.7. The fourth-order valence-electron chi connectivity index (χ4n) is 2.48. The second-order valence-corrected chi connectivity index (χ2v) is 5.18. The Balaban J connectivity index is 1.76. The Kier molecular flexibility index (Phi) is 4.10. The first-order valence-electron chi connectivity index (χ1n) is 7.40. The van der Waals surface area contributed by atoms with Crippen LogP contribution < -0.4 is 5.43 Å². The lowest BCUT2D eigenvalue weighted by Crippen LogP contribution is -2.17. The number of benzene rings is 2. The van der Waals surface area contributed by atoms with Crippen molar-refractivity contribution in [1.82, 2.24) is 10.4 Å². The van der Waals surface area contributed by atoms with Crippen molar-refractivity contribution in [3.05, 3.63) is 65.4 Å².